The summed E-state index contributed by atoms with van der Waals surface area (Å²) in [6, 6.07) is 9.99. The molecule has 1 rings (SSSR count). The molecule has 1 aromatic rings. The first-order chi connectivity index (χ1) is 5.83. The third kappa shape index (κ3) is 2.62. The van der Waals surface area contributed by atoms with E-state index in [4.69, 9.17) is 5.73 Å². The third-order valence-corrected chi connectivity index (χ3v) is 1.53. The van der Waals surface area contributed by atoms with Gasteiger partial charge < -0.3 is 11.1 Å². The molecule has 0 saturated carbocycles. The summed E-state index contributed by atoms with van der Waals surface area (Å²) < 4.78 is 0. The van der Waals surface area contributed by atoms with Crippen molar-refractivity contribution in [2.45, 2.75) is 6.54 Å². The zero-order valence-electron chi connectivity index (χ0n) is 7.12. The molecule has 3 heteroatoms. The van der Waals surface area contributed by atoms with Crippen LogP contribution in [0.25, 0.3) is 0 Å². The van der Waals surface area contributed by atoms with Crippen molar-refractivity contribution in [3.63, 3.8) is 0 Å². The van der Waals surface area contributed by atoms with Crippen molar-refractivity contribution in [2.75, 3.05) is 7.05 Å². The molecule has 0 saturated heterocycles. The van der Waals surface area contributed by atoms with Gasteiger partial charge in [0.05, 0.1) is 6.54 Å². The van der Waals surface area contributed by atoms with Gasteiger partial charge in [0.2, 0.25) is 0 Å². The fraction of sp³-hybridized carbons (Fsp3) is 0.222. The van der Waals surface area contributed by atoms with Crippen molar-refractivity contribution in [2.24, 2.45) is 10.7 Å². The van der Waals surface area contributed by atoms with Gasteiger partial charge >= 0.3 is 0 Å². The van der Waals surface area contributed by atoms with Crippen LogP contribution < -0.4 is 11.1 Å². The average molecular weight is 163 g/mol. The van der Waals surface area contributed by atoms with Crippen molar-refractivity contribution in [3.8, 4) is 0 Å². The van der Waals surface area contributed by atoms with Gasteiger partial charge in [0.25, 0.3) is 0 Å². The van der Waals surface area contributed by atoms with E-state index in [9.17, 15) is 0 Å². The number of nitrogens with zero attached hydrogens (tertiary/aromatic N) is 1. The number of benzene rings is 1. The van der Waals surface area contributed by atoms with Crippen LogP contribution in [0.5, 0.6) is 0 Å². The van der Waals surface area contributed by atoms with Crippen molar-refractivity contribution >= 4 is 5.96 Å². The molecule has 3 N–H and O–H groups in total. The first-order valence-corrected chi connectivity index (χ1v) is 3.84. The Balaban J connectivity index is 2.54. The smallest absolute Gasteiger partial charge is 0.188 e. The molecule has 0 aliphatic rings. The van der Waals surface area contributed by atoms with Crippen molar-refractivity contribution in [1.29, 1.82) is 0 Å². The molecule has 0 radical (unpaired) electrons. The minimum atomic E-state index is 0.471. The number of hydrogen-bond acceptors (Lipinski definition) is 1. The quantitative estimate of drug-likeness (QED) is 0.498. The van der Waals surface area contributed by atoms with Gasteiger partial charge in [-0.1, -0.05) is 30.3 Å². The Kier molecular flexibility index (Phi) is 3.14. The SMILES string of the molecule is CNC(N)=NCc1ccccc1. The minimum absolute atomic E-state index is 0.471. The van der Waals surface area contributed by atoms with Crippen LogP contribution in [0.4, 0.5) is 0 Å². The zero-order valence-corrected chi connectivity index (χ0v) is 7.12. The van der Waals surface area contributed by atoms with E-state index in [2.05, 4.69) is 10.3 Å². The fourth-order valence-corrected chi connectivity index (χ4v) is 0.839. The van der Waals surface area contributed by atoms with Crippen LogP contribution in [0.3, 0.4) is 0 Å². The Hall–Kier alpha value is -1.51. The van der Waals surface area contributed by atoms with Gasteiger partial charge in [0.1, 0.15) is 0 Å². The number of nitrogens with two attached hydrogens (primary N) is 1. The van der Waals surface area contributed by atoms with Crippen LogP contribution in [0.15, 0.2) is 35.3 Å². The molecule has 3 nitrogen and oxygen atoms in total. The summed E-state index contributed by atoms with van der Waals surface area (Å²) in [6.45, 7) is 0.632. The fourth-order valence-electron chi connectivity index (χ4n) is 0.839. The van der Waals surface area contributed by atoms with Gasteiger partial charge in [-0.15, -0.1) is 0 Å². The minimum Gasteiger partial charge on any atom is -0.370 e. The lowest BCUT2D eigenvalue weighted by atomic mass is 10.2. The second-order valence-electron chi connectivity index (χ2n) is 2.44. The molecule has 0 aromatic heterocycles. The van der Waals surface area contributed by atoms with Crippen LogP contribution in [0, 0.1) is 0 Å². The second kappa shape index (κ2) is 4.38. The molecule has 64 valence electrons. The molecule has 12 heavy (non-hydrogen) atoms. The molecular formula is C9H13N3. The number of guanidine groups is 1. The molecule has 0 fully saturated rings. The zero-order chi connectivity index (χ0) is 8.81. The highest BCUT2D eigenvalue weighted by Crippen LogP contribution is 1.99. The summed E-state index contributed by atoms with van der Waals surface area (Å²) in [7, 11) is 1.75. The molecule has 0 spiro atoms. The van der Waals surface area contributed by atoms with Gasteiger partial charge in [0.15, 0.2) is 5.96 Å². The number of rotatable bonds is 2. The van der Waals surface area contributed by atoms with Crippen molar-refractivity contribution < 1.29 is 0 Å². The highest BCUT2D eigenvalue weighted by molar-refractivity contribution is 5.77. The summed E-state index contributed by atoms with van der Waals surface area (Å²) >= 11 is 0. The Bertz CT molecular complexity index is 254. The van der Waals surface area contributed by atoms with E-state index in [1.54, 1.807) is 7.05 Å². The van der Waals surface area contributed by atoms with E-state index in [-0.39, 0.29) is 0 Å². The lowest BCUT2D eigenvalue weighted by Crippen LogP contribution is -2.27. The second-order valence-corrected chi connectivity index (χ2v) is 2.44. The van der Waals surface area contributed by atoms with E-state index in [0.29, 0.717) is 12.5 Å². The lowest BCUT2D eigenvalue weighted by Gasteiger charge is -1.98. The summed E-state index contributed by atoms with van der Waals surface area (Å²) in [5.41, 5.74) is 6.62. The molecule has 0 aliphatic heterocycles. The Labute approximate surface area is 72.3 Å². The van der Waals surface area contributed by atoms with Crippen molar-refractivity contribution in [1.82, 2.24) is 5.32 Å². The van der Waals surface area contributed by atoms with Crippen LogP contribution in [-0.4, -0.2) is 13.0 Å². The first-order valence-electron chi connectivity index (χ1n) is 3.84. The maximum absolute atomic E-state index is 5.46. The Morgan fingerprint density at radius 2 is 2.08 bits per heavy atom. The van der Waals surface area contributed by atoms with Gasteiger partial charge in [0, 0.05) is 7.05 Å². The molecule has 0 heterocycles. The predicted octanol–water partition coefficient (Wildman–Crippen LogP) is 0.721. The third-order valence-electron chi connectivity index (χ3n) is 1.53. The highest BCUT2D eigenvalue weighted by atomic mass is 15.1. The van der Waals surface area contributed by atoms with Gasteiger partial charge in [-0.05, 0) is 5.56 Å². The number of nitrogens with one attached hydrogen (secondary N) is 1. The molecule has 0 bridgehead atoms. The van der Waals surface area contributed by atoms with E-state index in [1.165, 1.54) is 0 Å². The van der Waals surface area contributed by atoms with Crippen LogP contribution in [0.1, 0.15) is 5.56 Å². The van der Waals surface area contributed by atoms with Crippen molar-refractivity contribution in [3.05, 3.63) is 35.9 Å². The highest BCUT2D eigenvalue weighted by Gasteiger charge is 1.88. The molecule has 0 aliphatic carbocycles. The summed E-state index contributed by atoms with van der Waals surface area (Å²) in [5.74, 6) is 0.471. The number of hydrogen-bond donors (Lipinski definition) is 2. The standard InChI is InChI=1S/C9H13N3/c1-11-9(10)12-7-8-5-3-2-4-6-8/h2-6H,7H2,1H3,(H3,10,11,12). The van der Waals surface area contributed by atoms with Gasteiger partial charge in [-0.2, -0.15) is 0 Å². The molecular weight excluding hydrogens is 150 g/mol. The predicted molar refractivity (Wildman–Crippen MR) is 50.8 cm³/mol. The summed E-state index contributed by atoms with van der Waals surface area (Å²) in [6.07, 6.45) is 0. The normalized spacial score (nSPS) is 11.2. The lowest BCUT2D eigenvalue weighted by molar-refractivity contribution is 1.01. The topological polar surface area (TPSA) is 50.4 Å². The largest absolute Gasteiger partial charge is 0.370 e. The van der Waals surface area contributed by atoms with Crippen LogP contribution >= 0.6 is 0 Å². The molecule has 1 aromatic carbocycles. The average Bonchev–Trinajstić information content (AvgIpc) is 2.16. The molecule has 0 unspecified atom stereocenters. The summed E-state index contributed by atoms with van der Waals surface area (Å²) in [4.78, 5) is 4.10. The molecule has 0 atom stereocenters. The van der Waals surface area contributed by atoms with E-state index in [0.717, 1.165) is 5.56 Å². The van der Waals surface area contributed by atoms with E-state index >= 15 is 0 Å². The van der Waals surface area contributed by atoms with Crippen LogP contribution in [0.2, 0.25) is 0 Å². The maximum atomic E-state index is 5.46. The van der Waals surface area contributed by atoms with E-state index in [1.807, 2.05) is 30.3 Å². The Morgan fingerprint density at radius 1 is 1.42 bits per heavy atom. The monoisotopic (exact) mass is 163 g/mol. The van der Waals surface area contributed by atoms with Gasteiger partial charge in [-0.3, -0.25) is 0 Å². The Morgan fingerprint density at radius 3 is 2.67 bits per heavy atom. The number of aliphatic imine (C=N–C) groups is 1. The van der Waals surface area contributed by atoms with Crippen LogP contribution in [-0.2, 0) is 6.54 Å². The van der Waals surface area contributed by atoms with Gasteiger partial charge in [-0.25, -0.2) is 4.99 Å². The maximum Gasteiger partial charge on any atom is 0.188 e. The molecule has 0 amide bonds. The summed E-state index contributed by atoms with van der Waals surface area (Å²) in [5, 5.41) is 2.76. The first kappa shape index (κ1) is 8.59. The van der Waals surface area contributed by atoms with E-state index < -0.39 is 0 Å².